The molecule has 0 fully saturated rings. The van der Waals surface area contributed by atoms with Crippen molar-refractivity contribution >= 4 is 17.7 Å². The van der Waals surface area contributed by atoms with E-state index in [1.807, 2.05) is 0 Å². The number of aromatic nitrogens is 1. The van der Waals surface area contributed by atoms with Gasteiger partial charge in [-0.2, -0.15) is 0 Å². The number of carboxylic acid groups (broad SMARTS) is 1. The summed E-state index contributed by atoms with van der Waals surface area (Å²) < 4.78 is 18.3. The molecule has 1 heterocycles. The molecule has 0 aliphatic rings. The van der Waals surface area contributed by atoms with Crippen molar-refractivity contribution < 1.29 is 23.6 Å². The lowest BCUT2D eigenvalue weighted by atomic mass is 10.1. The molecule has 0 unspecified atom stereocenters. The molecule has 7 nitrogen and oxygen atoms in total. The first kappa shape index (κ1) is 13.5. The molecular formula is C12H10FN3O4. The van der Waals surface area contributed by atoms with E-state index in [2.05, 4.69) is 15.8 Å². The third kappa shape index (κ3) is 3.10. The number of carbonyl (C=O) groups excluding carboxylic acids is 1. The second-order valence-corrected chi connectivity index (χ2v) is 3.75. The highest BCUT2D eigenvalue weighted by molar-refractivity contribution is 6.00. The summed E-state index contributed by atoms with van der Waals surface area (Å²) in [5, 5.41) is 16.9. The molecule has 104 valence electrons. The Hall–Kier alpha value is -2.90. The van der Waals surface area contributed by atoms with Crippen molar-refractivity contribution in [2.24, 2.45) is 0 Å². The summed E-state index contributed by atoms with van der Waals surface area (Å²) in [6.07, 6.45) is 1.41. The Morgan fingerprint density at radius 2 is 2.15 bits per heavy atom. The normalized spacial score (nSPS) is 10.1. The molecule has 0 spiro atoms. The quantitative estimate of drug-likeness (QED) is 0.792. The molecule has 0 saturated carbocycles. The van der Waals surface area contributed by atoms with Gasteiger partial charge in [0, 0.05) is 6.07 Å². The lowest BCUT2D eigenvalue weighted by Gasteiger charge is -2.09. The lowest BCUT2D eigenvalue weighted by Crippen LogP contribution is -2.29. The molecule has 0 bridgehead atoms. The van der Waals surface area contributed by atoms with Crippen LogP contribution in [0.2, 0.25) is 0 Å². The minimum atomic E-state index is -1.34. The number of benzene rings is 1. The predicted octanol–water partition coefficient (Wildman–Crippen LogP) is 1.83. The Bertz CT molecular complexity index is 628. The molecule has 0 aliphatic carbocycles. The number of urea groups is 1. The zero-order valence-electron chi connectivity index (χ0n) is 10.1. The van der Waals surface area contributed by atoms with Crippen LogP contribution in [0.5, 0.6) is 0 Å². The van der Waals surface area contributed by atoms with Crippen LogP contribution in [0.15, 0.2) is 35.0 Å². The van der Waals surface area contributed by atoms with E-state index in [0.717, 1.165) is 6.07 Å². The zero-order chi connectivity index (χ0) is 14.5. The summed E-state index contributed by atoms with van der Waals surface area (Å²) in [5.41, 5.74) is -0.727. The number of carboxylic acids is 1. The number of para-hydroxylation sites is 1. The Morgan fingerprint density at radius 1 is 1.35 bits per heavy atom. The summed E-state index contributed by atoms with van der Waals surface area (Å²) in [4.78, 5) is 22.5. The van der Waals surface area contributed by atoms with E-state index in [9.17, 15) is 14.0 Å². The zero-order valence-corrected chi connectivity index (χ0v) is 10.1. The first-order valence-electron chi connectivity index (χ1n) is 5.54. The maximum atomic E-state index is 13.6. The van der Waals surface area contributed by atoms with Crippen molar-refractivity contribution in [3.63, 3.8) is 0 Å². The Balaban J connectivity index is 2.06. The van der Waals surface area contributed by atoms with Gasteiger partial charge in [0.15, 0.2) is 5.76 Å². The van der Waals surface area contributed by atoms with Crippen molar-refractivity contribution in [2.75, 3.05) is 5.32 Å². The van der Waals surface area contributed by atoms with Gasteiger partial charge in [-0.3, -0.25) is 0 Å². The van der Waals surface area contributed by atoms with E-state index in [4.69, 9.17) is 9.63 Å². The summed E-state index contributed by atoms with van der Waals surface area (Å²) in [6, 6.07) is 4.28. The molecular weight excluding hydrogens is 269 g/mol. The highest BCUT2D eigenvalue weighted by Crippen LogP contribution is 2.19. The van der Waals surface area contributed by atoms with Crippen molar-refractivity contribution in [1.29, 1.82) is 0 Å². The third-order valence-electron chi connectivity index (χ3n) is 2.40. The standard InChI is InChI=1S/C12H10FN3O4/c13-9-3-1-2-8(11(17)18)10(9)16-12(19)14-6-7-4-5-15-20-7/h1-5H,6H2,(H,17,18)(H2,14,16,19). The smallest absolute Gasteiger partial charge is 0.337 e. The number of carbonyl (C=O) groups is 2. The molecule has 0 saturated heterocycles. The van der Waals surface area contributed by atoms with Crippen LogP contribution in [-0.4, -0.2) is 22.3 Å². The fourth-order valence-electron chi connectivity index (χ4n) is 1.49. The topological polar surface area (TPSA) is 104 Å². The van der Waals surface area contributed by atoms with Gasteiger partial charge >= 0.3 is 12.0 Å². The number of nitrogens with zero attached hydrogens (tertiary/aromatic N) is 1. The number of hydrogen-bond donors (Lipinski definition) is 3. The number of anilines is 1. The highest BCUT2D eigenvalue weighted by atomic mass is 19.1. The summed E-state index contributed by atoms with van der Waals surface area (Å²) in [5.74, 6) is -1.76. The second-order valence-electron chi connectivity index (χ2n) is 3.75. The Kier molecular flexibility index (Phi) is 3.94. The van der Waals surface area contributed by atoms with Crippen molar-refractivity contribution in [2.45, 2.75) is 6.54 Å². The fraction of sp³-hybridized carbons (Fsp3) is 0.0833. The summed E-state index contributed by atoms with van der Waals surface area (Å²) in [6.45, 7) is 0.0443. The van der Waals surface area contributed by atoms with Crippen LogP contribution in [0, 0.1) is 5.82 Å². The first-order chi connectivity index (χ1) is 9.58. The van der Waals surface area contributed by atoms with Crippen LogP contribution in [0.1, 0.15) is 16.1 Å². The maximum absolute atomic E-state index is 13.6. The molecule has 3 N–H and O–H groups in total. The van der Waals surface area contributed by atoms with E-state index in [1.54, 1.807) is 6.07 Å². The molecule has 0 radical (unpaired) electrons. The van der Waals surface area contributed by atoms with Crippen LogP contribution >= 0.6 is 0 Å². The van der Waals surface area contributed by atoms with Gasteiger partial charge in [-0.15, -0.1) is 0 Å². The van der Waals surface area contributed by atoms with Gasteiger partial charge in [-0.1, -0.05) is 11.2 Å². The van der Waals surface area contributed by atoms with E-state index in [0.29, 0.717) is 5.76 Å². The van der Waals surface area contributed by atoms with E-state index >= 15 is 0 Å². The molecule has 0 atom stereocenters. The van der Waals surface area contributed by atoms with E-state index in [-0.39, 0.29) is 12.1 Å². The molecule has 8 heteroatoms. The molecule has 1 aromatic carbocycles. The van der Waals surface area contributed by atoms with Gasteiger partial charge in [0.05, 0.1) is 24.0 Å². The van der Waals surface area contributed by atoms with Gasteiger partial charge in [0.1, 0.15) is 5.82 Å². The predicted molar refractivity (Wildman–Crippen MR) is 65.7 cm³/mol. The van der Waals surface area contributed by atoms with Crippen LogP contribution < -0.4 is 10.6 Å². The second kappa shape index (κ2) is 5.83. The maximum Gasteiger partial charge on any atom is 0.337 e. The minimum Gasteiger partial charge on any atom is -0.478 e. The number of rotatable bonds is 4. The summed E-state index contributed by atoms with van der Waals surface area (Å²) in [7, 11) is 0. The minimum absolute atomic E-state index is 0.0443. The van der Waals surface area contributed by atoms with Crippen molar-refractivity contribution in [1.82, 2.24) is 10.5 Å². The third-order valence-corrected chi connectivity index (χ3v) is 2.40. The van der Waals surface area contributed by atoms with E-state index in [1.165, 1.54) is 18.3 Å². The fourth-order valence-corrected chi connectivity index (χ4v) is 1.49. The highest BCUT2D eigenvalue weighted by Gasteiger charge is 2.16. The largest absolute Gasteiger partial charge is 0.478 e. The number of aromatic carboxylic acids is 1. The van der Waals surface area contributed by atoms with Gasteiger partial charge in [0.2, 0.25) is 0 Å². The number of hydrogen-bond acceptors (Lipinski definition) is 4. The van der Waals surface area contributed by atoms with Gasteiger partial charge in [0.25, 0.3) is 0 Å². The van der Waals surface area contributed by atoms with Gasteiger partial charge in [-0.25, -0.2) is 14.0 Å². The molecule has 1 aromatic heterocycles. The van der Waals surface area contributed by atoms with Gasteiger partial charge in [-0.05, 0) is 12.1 Å². The van der Waals surface area contributed by atoms with Crippen LogP contribution in [0.3, 0.4) is 0 Å². The van der Waals surface area contributed by atoms with Crippen LogP contribution in [0.25, 0.3) is 0 Å². The van der Waals surface area contributed by atoms with Crippen LogP contribution in [0.4, 0.5) is 14.9 Å². The van der Waals surface area contributed by atoms with Crippen LogP contribution in [-0.2, 0) is 6.54 Å². The molecule has 2 aromatic rings. The van der Waals surface area contributed by atoms with Crippen molar-refractivity contribution in [3.8, 4) is 0 Å². The molecule has 0 aliphatic heterocycles. The first-order valence-corrected chi connectivity index (χ1v) is 5.54. The average molecular weight is 279 g/mol. The molecule has 20 heavy (non-hydrogen) atoms. The van der Waals surface area contributed by atoms with E-state index < -0.39 is 23.5 Å². The Labute approximate surface area is 112 Å². The van der Waals surface area contributed by atoms with Gasteiger partial charge < -0.3 is 20.3 Å². The Morgan fingerprint density at radius 3 is 2.80 bits per heavy atom. The lowest BCUT2D eigenvalue weighted by molar-refractivity contribution is 0.0697. The SMILES string of the molecule is O=C(NCc1ccno1)Nc1c(F)cccc1C(=O)O. The molecule has 2 rings (SSSR count). The molecule has 2 amide bonds. The monoisotopic (exact) mass is 279 g/mol. The number of amides is 2. The average Bonchev–Trinajstić information content (AvgIpc) is 2.91. The van der Waals surface area contributed by atoms with Crippen molar-refractivity contribution in [3.05, 3.63) is 47.6 Å². The number of nitrogens with one attached hydrogen (secondary N) is 2. The number of halogens is 1. The summed E-state index contributed by atoms with van der Waals surface area (Å²) >= 11 is 0.